The molecule has 0 spiro atoms. The van der Waals surface area contributed by atoms with E-state index in [0.717, 1.165) is 56.4 Å². The number of rotatable bonds is 3. The molecule has 0 fully saturated rings. The highest BCUT2D eigenvalue weighted by Gasteiger charge is 2.23. The van der Waals surface area contributed by atoms with Gasteiger partial charge in [-0.2, -0.15) is 0 Å². The molecule has 1 amide bonds. The predicted octanol–water partition coefficient (Wildman–Crippen LogP) is 9.71. The zero-order valence-corrected chi connectivity index (χ0v) is 24.8. The summed E-state index contributed by atoms with van der Waals surface area (Å²) in [6, 6.07) is 11.8. The van der Waals surface area contributed by atoms with Crippen molar-refractivity contribution in [1.82, 2.24) is 4.90 Å². The number of fused-ring (bicyclic) bond motifs is 1. The summed E-state index contributed by atoms with van der Waals surface area (Å²) >= 11 is 6.24. The van der Waals surface area contributed by atoms with Crippen molar-refractivity contribution in [3.05, 3.63) is 88.9 Å². The Morgan fingerprint density at radius 2 is 1.59 bits per heavy atom. The largest absolute Gasteiger partial charge is 0.378 e. The van der Waals surface area contributed by atoms with Gasteiger partial charge in [0.15, 0.2) is 0 Å². The number of anilines is 1. The van der Waals surface area contributed by atoms with E-state index in [9.17, 15) is 9.18 Å². The van der Waals surface area contributed by atoms with Crippen LogP contribution in [0.25, 0.3) is 0 Å². The van der Waals surface area contributed by atoms with Crippen molar-refractivity contribution in [2.75, 3.05) is 24.5 Å². The maximum absolute atomic E-state index is 14.3. The zero-order chi connectivity index (χ0) is 28.1. The third-order valence-electron chi connectivity index (χ3n) is 5.48. The number of amides is 1. The number of benzene rings is 2. The van der Waals surface area contributed by atoms with Gasteiger partial charge in [-0.3, -0.25) is 4.79 Å². The van der Waals surface area contributed by atoms with Gasteiger partial charge in [-0.1, -0.05) is 76.6 Å². The molecular formula is C32H48ClFN2O. The molecule has 0 aromatic heterocycles. The van der Waals surface area contributed by atoms with E-state index in [-0.39, 0.29) is 11.5 Å². The van der Waals surface area contributed by atoms with E-state index in [2.05, 4.69) is 36.3 Å². The highest BCUT2D eigenvalue weighted by molar-refractivity contribution is 6.30. The van der Waals surface area contributed by atoms with Gasteiger partial charge in [0.25, 0.3) is 5.91 Å². The molecule has 2 aromatic carbocycles. The van der Waals surface area contributed by atoms with E-state index in [1.54, 1.807) is 29.2 Å². The molecule has 0 bridgehead atoms. The summed E-state index contributed by atoms with van der Waals surface area (Å²) in [5.41, 5.74) is 1.96. The van der Waals surface area contributed by atoms with Gasteiger partial charge in [0.1, 0.15) is 5.82 Å². The quantitative estimate of drug-likeness (QED) is 0.368. The lowest BCUT2D eigenvalue weighted by Crippen LogP contribution is -2.33. The fraction of sp³-hybridized carbons (Fsp3) is 0.469. The highest BCUT2D eigenvalue weighted by atomic mass is 35.5. The average molecular weight is 531 g/mol. The van der Waals surface area contributed by atoms with Crippen LogP contribution in [-0.4, -0.2) is 30.4 Å². The minimum absolute atomic E-state index is 0.105. The minimum atomic E-state index is -0.489. The second-order valence-corrected chi connectivity index (χ2v) is 8.45. The third kappa shape index (κ3) is 12.5. The molecular weight excluding hydrogens is 483 g/mol. The van der Waals surface area contributed by atoms with Crippen LogP contribution < -0.4 is 4.90 Å². The highest BCUT2D eigenvalue weighted by Crippen LogP contribution is 2.28. The fourth-order valence-corrected chi connectivity index (χ4v) is 4.09. The van der Waals surface area contributed by atoms with Gasteiger partial charge in [0, 0.05) is 30.3 Å². The topological polar surface area (TPSA) is 23.6 Å². The van der Waals surface area contributed by atoms with E-state index >= 15 is 0 Å². The van der Waals surface area contributed by atoms with E-state index in [4.69, 9.17) is 11.6 Å². The van der Waals surface area contributed by atoms with Crippen molar-refractivity contribution >= 4 is 23.2 Å². The molecule has 0 saturated carbocycles. The Balaban J connectivity index is 0.00000127. The van der Waals surface area contributed by atoms with E-state index in [0.29, 0.717) is 11.6 Å². The van der Waals surface area contributed by atoms with Gasteiger partial charge >= 0.3 is 0 Å². The molecule has 1 aliphatic rings. The molecule has 0 atom stereocenters. The summed E-state index contributed by atoms with van der Waals surface area (Å²) < 4.78 is 14.3. The van der Waals surface area contributed by atoms with Crippen molar-refractivity contribution in [2.24, 2.45) is 0 Å². The first kappa shape index (κ1) is 34.4. The van der Waals surface area contributed by atoms with Crippen LogP contribution >= 0.6 is 11.6 Å². The van der Waals surface area contributed by atoms with Crippen LogP contribution in [0.3, 0.4) is 0 Å². The Labute approximate surface area is 231 Å². The standard InChI is InChI=1S/C23H26ClFN2O.C5H10.2C2H6/c1-2-13-26-14-5-6-16-27(23(28)20-9-3-4-10-21(20)25)22-12-11-19(24)17-18(22)8-7-15-26;1-3-5-4-2;2*1-2/h2-4,9-13,17H,5-8,14-16H2,1H3;3,5H,4H2,1-2H3;2*1-2H3/b13-2+;5-3-;;. The van der Waals surface area contributed by atoms with Gasteiger partial charge in [0.2, 0.25) is 0 Å². The molecule has 0 radical (unpaired) electrons. The fourth-order valence-electron chi connectivity index (χ4n) is 3.89. The van der Waals surface area contributed by atoms with Crippen LogP contribution in [0.2, 0.25) is 5.02 Å². The molecule has 1 aliphatic heterocycles. The number of carbonyl (C=O) groups excluding carboxylic acids is 1. The molecule has 206 valence electrons. The molecule has 3 nitrogen and oxygen atoms in total. The van der Waals surface area contributed by atoms with Gasteiger partial charge < -0.3 is 9.80 Å². The predicted molar refractivity (Wildman–Crippen MR) is 161 cm³/mol. The Morgan fingerprint density at radius 3 is 2.19 bits per heavy atom. The number of allylic oxidation sites excluding steroid dienone is 3. The number of hydrogen-bond acceptors (Lipinski definition) is 2. The first-order chi connectivity index (χ1) is 18.0. The summed E-state index contributed by atoms with van der Waals surface area (Å²) in [6.07, 6.45) is 13.1. The first-order valence-corrected chi connectivity index (χ1v) is 14.2. The minimum Gasteiger partial charge on any atom is -0.378 e. The summed E-state index contributed by atoms with van der Waals surface area (Å²) in [5.74, 6) is -0.789. The molecule has 37 heavy (non-hydrogen) atoms. The maximum Gasteiger partial charge on any atom is 0.261 e. The zero-order valence-electron chi connectivity index (χ0n) is 24.1. The Bertz CT molecular complexity index is 942. The summed E-state index contributed by atoms with van der Waals surface area (Å²) in [4.78, 5) is 17.3. The van der Waals surface area contributed by atoms with Gasteiger partial charge in [-0.05, 0) is 88.0 Å². The van der Waals surface area contributed by atoms with Crippen LogP contribution in [0.4, 0.5) is 10.1 Å². The molecule has 0 aliphatic carbocycles. The van der Waals surface area contributed by atoms with Crippen molar-refractivity contribution < 1.29 is 9.18 Å². The number of nitrogens with zero attached hydrogens (tertiary/aromatic N) is 2. The van der Waals surface area contributed by atoms with Crippen molar-refractivity contribution in [3.8, 4) is 0 Å². The maximum atomic E-state index is 14.3. The number of carbonyl (C=O) groups is 1. The van der Waals surface area contributed by atoms with Crippen LogP contribution in [0.15, 0.2) is 66.9 Å². The second kappa shape index (κ2) is 21.5. The van der Waals surface area contributed by atoms with Gasteiger partial charge in [-0.15, -0.1) is 0 Å². The lowest BCUT2D eigenvalue weighted by atomic mass is 10.0. The summed E-state index contributed by atoms with van der Waals surface area (Å²) in [5, 5.41) is 0.650. The lowest BCUT2D eigenvalue weighted by molar-refractivity contribution is 0.0982. The molecule has 2 aromatic rings. The molecule has 3 rings (SSSR count). The van der Waals surface area contributed by atoms with Gasteiger partial charge in [-0.25, -0.2) is 4.39 Å². The molecule has 0 unspecified atom stereocenters. The van der Waals surface area contributed by atoms with Crippen molar-refractivity contribution in [3.63, 3.8) is 0 Å². The van der Waals surface area contributed by atoms with Crippen LogP contribution in [-0.2, 0) is 6.42 Å². The summed E-state index contributed by atoms with van der Waals surface area (Å²) in [7, 11) is 0. The summed E-state index contributed by atoms with van der Waals surface area (Å²) in [6.45, 7) is 16.6. The smallest absolute Gasteiger partial charge is 0.261 e. The monoisotopic (exact) mass is 530 g/mol. The van der Waals surface area contributed by atoms with Crippen molar-refractivity contribution in [2.45, 2.75) is 80.6 Å². The van der Waals surface area contributed by atoms with Crippen LogP contribution in [0.1, 0.15) is 90.1 Å². The van der Waals surface area contributed by atoms with E-state index < -0.39 is 5.82 Å². The van der Waals surface area contributed by atoms with Crippen molar-refractivity contribution in [1.29, 1.82) is 0 Å². The second-order valence-electron chi connectivity index (χ2n) is 8.02. The van der Waals surface area contributed by atoms with Crippen LogP contribution in [0, 0.1) is 5.82 Å². The first-order valence-electron chi connectivity index (χ1n) is 13.8. The number of aryl methyl sites for hydroxylation is 1. The third-order valence-corrected chi connectivity index (χ3v) is 5.72. The molecule has 0 saturated heterocycles. The molecule has 1 heterocycles. The number of halogens is 2. The molecule has 0 N–H and O–H groups in total. The van der Waals surface area contributed by atoms with Gasteiger partial charge in [0.05, 0.1) is 5.56 Å². The Kier molecular flexibility index (Phi) is 20.0. The normalized spacial score (nSPS) is 13.8. The van der Waals surface area contributed by atoms with E-state index in [1.807, 2.05) is 53.7 Å². The lowest BCUT2D eigenvalue weighted by Gasteiger charge is -2.26. The Morgan fingerprint density at radius 1 is 0.946 bits per heavy atom. The Hall–Kier alpha value is -2.59. The van der Waals surface area contributed by atoms with Crippen LogP contribution in [0.5, 0.6) is 0 Å². The SMILES string of the molecule is C/C=C/N1CCCCN(C(=O)c2ccccc2F)c2ccc(Cl)cc2CCC1.C/C=C\CC.CC.CC. The average Bonchev–Trinajstić information content (AvgIpc) is 2.96. The van der Waals surface area contributed by atoms with E-state index in [1.165, 1.54) is 6.07 Å². The number of hydrogen-bond donors (Lipinski definition) is 0. The molecule has 5 heteroatoms.